The number of hydrogen-bond donors (Lipinski definition) is 1. The summed E-state index contributed by atoms with van der Waals surface area (Å²) in [4.78, 5) is 6.86. The Morgan fingerprint density at radius 3 is 2.69 bits per heavy atom. The number of aliphatic imine (C=N–C) groups is 1. The van der Waals surface area contributed by atoms with E-state index in [-0.39, 0.29) is 24.0 Å². The predicted octanol–water partition coefficient (Wildman–Crippen LogP) is 3.95. The quantitative estimate of drug-likeness (QED) is 0.363. The van der Waals surface area contributed by atoms with Crippen molar-refractivity contribution in [3.8, 4) is 5.75 Å². The zero-order valence-electron chi connectivity index (χ0n) is 15.8. The van der Waals surface area contributed by atoms with Crippen LogP contribution in [0.5, 0.6) is 5.75 Å². The summed E-state index contributed by atoms with van der Waals surface area (Å²) in [6.45, 7) is 4.33. The first-order valence-corrected chi connectivity index (χ1v) is 8.85. The van der Waals surface area contributed by atoms with Gasteiger partial charge in [0.2, 0.25) is 0 Å². The average Bonchev–Trinajstić information content (AvgIpc) is 2.91. The van der Waals surface area contributed by atoms with Crippen LogP contribution < -0.4 is 10.1 Å². The number of guanidine groups is 1. The maximum Gasteiger partial charge on any atom is 0.194 e. The zero-order chi connectivity index (χ0) is 18.2. The number of halogens is 2. The number of nitrogens with zero attached hydrogens (tertiary/aromatic N) is 3. The van der Waals surface area contributed by atoms with E-state index in [1.807, 2.05) is 49.1 Å². The van der Waals surface area contributed by atoms with Crippen LogP contribution in [-0.4, -0.2) is 42.7 Å². The normalized spacial score (nSPS) is 11.0. The lowest BCUT2D eigenvalue weighted by Crippen LogP contribution is -2.39. The summed E-state index contributed by atoms with van der Waals surface area (Å²) in [6.07, 6.45) is 2.75. The van der Waals surface area contributed by atoms with Crippen molar-refractivity contribution in [3.63, 3.8) is 0 Å². The van der Waals surface area contributed by atoms with Crippen LogP contribution in [0.15, 0.2) is 41.5 Å². The van der Waals surface area contributed by atoms with E-state index in [2.05, 4.69) is 23.2 Å². The first kappa shape index (κ1) is 22.6. The van der Waals surface area contributed by atoms with Gasteiger partial charge in [0.15, 0.2) is 5.96 Å². The zero-order valence-corrected chi connectivity index (χ0v) is 18.9. The van der Waals surface area contributed by atoms with Gasteiger partial charge < -0.3 is 19.5 Å². The molecule has 1 N–H and O–H groups in total. The molecule has 0 saturated heterocycles. The molecule has 1 heterocycles. The van der Waals surface area contributed by atoms with Crippen LogP contribution in [0, 0.1) is 0 Å². The second-order valence-electron chi connectivity index (χ2n) is 5.91. The minimum absolute atomic E-state index is 0. The monoisotopic (exact) mass is 490 g/mol. The summed E-state index contributed by atoms with van der Waals surface area (Å²) in [6, 6.07) is 10.1. The fourth-order valence-corrected chi connectivity index (χ4v) is 2.97. The van der Waals surface area contributed by atoms with Gasteiger partial charge >= 0.3 is 0 Å². The van der Waals surface area contributed by atoms with Crippen molar-refractivity contribution in [1.29, 1.82) is 0 Å². The van der Waals surface area contributed by atoms with E-state index in [1.165, 1.54) is 5.56 Å². The van der Waals surface area contributed by atoms with Crippen molar-refractivity contribution in [3.05, 3.63) is 52.8 Å². The molecule has 2 rings (SSSR count). The highest BCUT2D eigenvalue weighted by atomic mass is 127. The van der Waals surface area contributed by atoms with Crippen LogP contribution in [-0.2, 0) is 20.0 Å². The Hall–Kier alpha value is -1.41. The number of aromatic nitrogens is 1. The van der Waals surface area contributed by atoms with Crippen LogP contribution in [0.2, 0.25) is 5.02 Å². The van der Waals surface area contributed by atoms with Gasteiger partial charge in [0.05, 0.1) is 18.7 Å². The number of hydrogen-bond acceptors (Lipinski definition) is 2. The molecule has 0 radical (unpaired) electrons. The molecule has 1 aromatic heterocycles. The lowest BCUT2D eigenvalue weighted by atomic mass is 10.1. The van der Waals surface area contributed by atoms with E-state index in [0.29, 0.717) is 6.54 Å². The van der Waals surface area contributed by atoms with Crippen LogP contribution in [0.3, 0.4) is 0 Å². The Kier molecular flexibility index (Phi) is 9.87. The lowest BCUT2D eigenvalue weighted by molar-refractivity contribution is 0.409. The predicted molar refractivity (Wildman–Crippen MR) is 120 cm³/mol. The minimum Gasteiger partial charge on any atom is -0.496 e. The van der Waals surface area contributed by atoms with Crippen molar-refractivity contribution in [2.24, 2.45) is 12.0 Å². The number of ether oxygens (including phenoxy) is 1. The lowest BCUT2D eigenvalue weighted by Gasteiger charge is -2.22. The van der Waals surface area contributed by atoms with E-state index in [0.717, 1.165) is 41.9 Å². The van der Waals surface area contributed by atoms with Gasteiger partial charge in [-0.15, -0.1) is 24.0 Å². The van der Waals surface area contributed by atoms with Gasteiger partial charge in [-0.1, -0.05) is 29.8 Å². The Bertz CT molecular complexity index is 717. The number of nitrogens with one attached hydrogen (secondary N) is 1. The molecule has 0 aliphatic rings. The van der Waals surface area contributed by atoms with Gasteiger partial charge in [-0.2, -0.15) is 0 Å². The van der Waals surface area contributed by atoms with E-state index in [9.17, 15) is 0 Å². The molecule has 0 aliphatic carbocycles. The van der Waals surface area contributed by atoms with E-state index in [4.69, 9.17) is 21.3 Å². The smallest absolute Gasteiger partial charge is 0.194 e. The number of benzene rings is 1. The molecule has 0 aliphatic heterocycles. The molecular formula is C19H28ClIN4O. The highest BCUT2D eigenvalue weighted by Gasteiger charge is 2.10. The summed E-state index contributed by atoms with van der Waals surface area (Å²) < 4.78 is 7.44. The molecule has 26 heavy (non-hydrogen) atoms. The standard InChI is InChI=1S/C19H27ClN4O.HI/c1-5-21-19(24(3)14-17-12-16(20)13-23(17)2)22-11-10-15-8-6-7-9-18(15)25-4;/h6-9,12-13H,5,10-11,14H2,1-4H3,(H,21,22);1H. The van der Waals surface area contributed by atoms with Gasteiger partial charge in [0.1, 0.15) is 5.75 Å². The molecule has 144 valence electrons. The Morgan fingerprint density at radius 2 is 2.08 bits per heavy atom. The third-order valence-electron chi connectivity index (χ3n) is 4.01. The average molecular weight is 491 g/mol. The Balaban J connectivity index is 0.00000338. The van der Waals surface area contributed by atoms with Crippen molar-refractivity contribution < 1.29 is 4.74 Å². The molecule has 5 nitrogen and oxygen atoms in total. The summed E-state index contributed by atoms with van der Waals surface area (Å²) in [5, 5.41) is 4.10. The molecule has 0 unspecified atom stereocenters. The molecule has 7 heteroatoms. The van der Waals surface area contributed by atoms with Gasteiger partial charge in [-0.25, -0.2) is 0 Å². The summed E-state index contributed by atoms with van der Waals surface area (Å²) >= 11 is 6.07. The SMILES string of the molecule is CCNC(=NCCc1ccccc1OC)N(C)Cc1cc(Cl)cn1C.I. The van der Waals surface area contributed by atoms with Crippen LogP contribution in [0.25, 0.3) is 0 Å². The Morgan fingerprint density at radius 1 is 1.35 bits per heavy atom. The highest BCUT2D eigenvalue weighted by Crippen LogP contribution is 2.18. The molecule has 0 spiro atoms. The van der Waals surface area contributed by atoms with Gasteiger partial charge in [0.25, 0.3) is 0 Å². The number of rotatable bonds is 7. The maximum atomic E-state index is 6.07. The fraction of sp³-hybridized carbons (Fsp3) is 0.421. The summed E-state index contributed by atoms with van der Waals surface area (Å²) in [7, 11) is 5.73. The van der Waals surface area contributed by atoms with E-state index >= 15 is 0 Å². The molecule has 2 aromatic rings. The number of aryl methyl sites for hydroxylation is 1. The van der Waals surface area contributed by atoms with Crippen LogP contribution in [0.4, 0.5) is 0 Å². The minimum atomic E-state index is 0. The third-order valence-corrected chi connectivity index (χ3v) is 4.21. The Labute approximate surface area is 178 Å². The van der Waals surface area contributed by atoms with E-state index < -0.39 is 0 Å². The van der Waals surface area contributed by atoms with Crippen molar-refractivity contribution in [1.82, 2.24) is 14.8 Å². The summed E-state index contributed by atoms with van der Waals surface area (Å²) in [5.41, 5.74) is 2.31. The highest BCUT2D eigenvalue weighted by molar-refractivity contribution is 14.0. The molecule has 1 aromatic carbocycles. The topological polar surface area (TPSA) is 41.8 Å². The molecule has 0 atom stereocenters. The molecule has 0 amide bonds. The number of methoxy groups -OCH3 is 1. The first-order chi connectivity index (χ1) is 12.0. The molecule has 0 bridgehead atoms. The maximum absolute atomic E-state index is 6.07. The molecule has 0 fully saturated rings. The van der Waals surface area contributed by atoms with Crippen molar-refractivity contribution >= 4 is 41.5 Å². The largest absolute Gasteiger partial charge is 0.496 e. The number of para-hydroxylation sites is 1. The van der Waals surface area contributed by atoms with E-state index in [1.54, 1.807) is 7.11 Å². The molecular weight excluding hydrogens is 463 g/mol. The molecule has 0 saturated carbocycles. The second-order valence-corrected chi connectivity index (χ2v) is 6.35. The summed E-state index contributed by atoms with van der Waals surface area (Å²) in [5.74, 6) is 1.80. The van der Waals surface area contributed by atoms with Crippen molar-refractivity contribution in [2.75, 3.05) is 27.2 Å². The fourth-order valence-electron chi connectivity index (χ4n) is 2.70. The van der Waals surface area contributed by atoms with Gasteiger partial charge in [-0.05, 0) is 31.0 Å². The first-order valence-electron chi connectivity index (χ1n) is 8.47. The third kappa shape index (κ3) is 6.39. The second kappa shape index (κ2) is 11.3. The van der Waals surface area contributed by atoms with Crippen molar-refractivity contribution in [2.45, 2.75) is 19.9 Å². The van der Waals surface area contributed by atoms with Crippen LogP contribution >= 0.6 is 35.6 Å². The van der Waals surface area contributed by atoms with Crippen LogP contribution in [0.1, 0.15) is 18.2 Å². The van der Waals surface area contributed by atoms with Gasteiger partial charge in [-0.3, -0.25) is 4.99 Å². The van der Waals surface area contributed by atoms with Gasteiger partial charge in [0, 0.05) is 39.1 Å².